The molecule has 1 aromatic rings. The van der Waals surface area contributed by atoms with Gasteiger partial charge in [-0.3, -0.25) is 0 Å². The minimum atomic E-state index is -0.750. The van der Waals surface area contributed by atoms with Gasteiger partial charge in [-0.05, 0) is 78.1 Å². The van der Waals surface area contributed by atoms with E-state index in [1.54, 1.807) is 0 Å². The monoisotopic (exact) mass is 335 g/mol. The molecule has 16 heavy (non-hydrogen) atoms. The van der Waals surface area contributed by atoms with Crippen molar-refractivity contribution in [1.29, 1.82) is 0 Å². The molecule has 0 radical (unpaired) electrons. The number of halogens is 1. The molecule has 0 aliphatic rings. The van der Waals surface area contributed by atoms with Crippen molar-refractivity contribution >= 4 is 22.6 Å². The number of rotatable bonds is 3. The summed E-state index contributed by atoms with van der Waals surface area (Å²) in [7, 11) is 0. The van der Waals surface area contributed by atoms with Gasteiger partial charge in [0.25, 0.3) is 5.09 Å². The molecule has 1 rings (SSSR count). The molecule has 0 spiro atoms. The van der Waals surface area contributed by atoms with Gasteiger partial charge >= 0.3 is 0 Å². The van der Waals surface area contributed by atoms with Crippen LogP contribution in [0.2, 0.25) is 0 Å². The number of hydrogen-bond acceptors (Lipinski definition) is 3. The van der Waals surface area contributed by atoms with Crippen molar-refractivity contribution < 1.29 is 9.92 Å². The molecule has 88 valence electrons. The maximum absolute atomic E-state index is 10.2. The van der Waals surface area contributed by atoms with E-state index < -0.39 is 5.09 Å². The highest BCUT2D eigenvalue weighted by atomic mass is 127. The van der Waals surface area contributed by atoms with Crippen LogP contribution in [0.5, 0.6) is 0 Å². The van der Waals surface area contributed by atoms with Crippen LogP contribution in [-0.2, 0) is 11.4 Å². The van der Waals surface area contributed by atoms with Crippen molar-refractivity contribution in [2.45, 2.75) is 34.3 Å². The maximum atomic E-state index is 10.2. The van der Waals surface area contributed by atoms with E-state index in [0.717, 1.165) is 14.7 Å². The molecular weight excluding hydrogens is 321 g/mol. The fourth-order valence-corrected chi connectivity index (χ4v) is 2.60. The standard InChI is InChI=1S/C11H14INO3/c1-6-7(2)9(4)11(12)10(8(6)3)5-16-13(14)15/h5H2,1-4H3. The van der Waals surface area contributed by atoms with Crippen LogP contribution in [0.3, 0.4) is 0 Å². The highest BCUT2D eigenvalue weighted by Crippen LogP contribution is 2.28. The van der Waals surface area contributed by atoms with Crippen LogP contribution in [0.15, 0.2) is 0 Å². The van der Waals surface area contributed by atoms with Crippen molar-refractivity contribution in [3.8, 4) is 0 Å². The molecule has 5 heteroatoms. The van der Waals surface area contributed by atoms with E-state index in [2.05, 4.69) is 34.4 Å². The summed E-state index contributed by atoms with van der Waals surface area (Å²) in [4.78, 5) is 14.7. The van der Waals surface area contributed by atoms with Gasteiger partial charge in [-0.25, -0.2) is 0 Å². The molecule has 0 aliphatic carbocycles. The molecule has 0 bridgehead atoms. The minimum Gasteiger partial charge on any atom is -0.309 e. The van der Waals surface area contributed by atoms with E-state index in [1.165, 1.54) is 16.7 Å². The molecule has 0 aliphatic heterocycles. The van der Waals surface area contributed by atoms with E-state index in [4.69, 9.17) is 0 Å². The number of benzene rings is 1. The van der Waals surface area contributed by atoms with Crippen LogP contribution in [0.25, 0.3) is 0 Å². The summed E-state index contributed by atoms with van der Waals surface area (Å²) in [6.07, 6.45) is 0. The zero-order valence-electron chi connectivity index (χ0n) is 9.76. The Kier molecular flexibility index (Phi) is 4.12. The fourth-order valence-electron chi connectivity index (χ4n) is 1.63. The molecule has 0 heterocycles. The summed E-state index contributed by atoms with van der Waals surface area (Å²) < 4.78 is 1.06. The first kappa shape index (κ1) is 13.2. The quantitative estimate of drug-likeness (QED) is 0.484. The summed E-state index contributed by atoms with van der Waals surface area (Å²) in [5.41, 5.74) is 5.59. The summed E-state index contributed by atoms with van der Waals surface area (Å²) in [5, 5.41) is 9.46. The molecule has 0 atom stereocenters. The van der Waals surface area contributed by atoms with Gasteiger partial charge in [0.2, 0.25) is 0 Å². The highest BCUT2D eigenvalue weighted by Gasteiger charge is 2.14. The third-order valence-electron chi connectivity index (χ3n) is 3.05. The van der Waals surface area contributed by atoms with Crippen molar-refractivity contribution in [1.82, 2.24) is 0 Å². The molecule has 0 N–H and O–H groups in total. The zero-order chi connectivity index (χ0) is 12.5. The van der Waals surface area contributed by atoms with Gasteiger partial charge in [-0.1, -0.05) is 0 Å². The van der Waals surface area contributed by atoms with Gasteiger partial charge in [-0.2, -0.15) is 0 Å². The maximum Gasteiger partial charge on any atom is 0.294 e. The van der Waals surface area contributed by atoms with Crippen molar-refractivity contribution in [3.05, 3.63) is 41.5 Å². The lowest BCUT2D eigenvalue weighted by molar-refractivity contribution is -0.763. The van der Waals surface area contributed by atoms with E-state index in [1.807, 2.05) is 20.8 Å². The molecular formula is C11H14INO3. The average molecular weight is 335 g/mol. The molecule has 0 saturated heterocycles. The lowest BCUT2D eigenvalue weighted by Crippen LogP contribution is -2.07. The van der Waals surface area contributed by atoms with Gasteiger partial charge in [0.15, 0.2) is 0 Å². The van der Waals surface area contributed by atoms with Crippen LogP contribution in [-0.4, -0.2) is 5.09 Å². The second-order valence-electron chi connectivity index (χ2n) is 3.79. The Morgan fingerprint density at radius 1 is 1.12 bits per heavy atom. The van der Waals surface area contributed by atoms with E-state index >= 15 is 0 Å². The summed E-state index contributed by atoms with van der Waals surface area (Å²) in [6, 6.07) is 0. The van der Waals surface area contributed by atoms with Crippen LogP contribution in [0.4, 0.5) is 0 Å². The first-order valence-corrected chi connectivity index (χ1v) is 5.96. The van der Waals surface area contributed by atoms with E-state index in [-0.39, 0.29) is 6.61 Å². The predicted molar refractivity (Wildman–Crippen MR) is 69.9 cm³/mol. The Morgan fingerprint density at radius 3 is 2.12 bits per heavy atom. The second-order valence-corrected chi connectivity index (χ2v) is 4.87. The van der Waals surface area contributed by atoms with Crippen molar-refractivity contribution in [2.24, 2.45) is 0 Å². The number of nitrogens with zero attached hydrogens (tertiary/aromatic N) is 1. The Balaban J connectivity index is 3.23. The normalized spacial score (nSPS) is 10.3. The molecule has 0 fully saturated rings. The topological polar surface area (TPSA) is 52.4 Å². The highest BCUT2D eigenvalue weighted by molar-refractivity contribution is 14.1. The predicted octanol–water partition coefficient (Wildman–Crippen LogP) is 3.23. The molecule has 0 amide bonds. The van der Waals surface area contributed by atoms with Crippen LogP contribution >= 0.6 is 22.6 Å². The van der Waals surface area contributed by atoms with Crippen LogP contribution in [0.1, 0.15) is 27.8 Å². The van der Waals surface area contributed by atoms with Gasteiger partial charge in [0, 0.05) is 3.57 Å². The lowest BCUT2D eigenvalue weighted by atomic mass is 9.95. The van der Waals surface area contributed by atoms with E-state index in [0.29, 0.717) is 0 Å². The fraction of sp³-hybridized carbons (Fsp3) is 0.455. The molecule has 0 saturated carbocycles. The SMILES string of the molecule is Cc1c(C)c(C)c(CO[N+](=O)[O-])c(I)c1C. The van der Waals surface area contributed by atoms with Gasteiger partial charge < -0.3 is 4.84 Å². The Labute approximate surface area is 108 Å². The van der Waals surface area contributed by atoms with Crippen molar-refractivity contribution in [2.75, 3.05) is 0 Å². The second kappa shape index (κ2) is 4.99. The zero-order valence-corrected chi connectivity index (χ0v) is 11.9. The van der Waals surface area contributed by atoms with E-state index in [9.17, 15) is 10.1 Å². The lowest BCUT2D eigenvalue weighted by Gasteiger charge is -2.16. The summed E-state index contributed by atoms with van der Waals surface area (Å²) >= 11 is 2.22. The van der Waals surface area contributed by atoms with Crippen LogP contribution in [0, 0.1) is 41.4 Å². The average Bonchev–Trinajstić information content (AvgIpc) is 2.23. The third kappa shape index (κ3) is 2.45. The third-order valence-corrected chi connectivity index (χ3v) is 4.51. The summed E-state index contributed by atoms with van der Waals surface area (Å²) in [5.74, 6) is 0. The Bertz CT molecular complexity index is 414. The molecule has 4 nitrogen and oxygen atoms in total. The Morgan fingerprint density at radius 2 is 1.62 bits per heavy atom. The minimum absolute atomic E-state index is 0.0269. The molecule has 1 aromatic carbocycles. The molecule has 0 aromatic heterocycles. The number of hydrogen-bond donors (Lipinski definition) is 0. The molecule has 0 unspecified atom stereocenters. The largest absolute Gasteiger partial charge is 0.309 e. The Hall–Kier alpha value is -0.850. The van der Waals surface area contributed by atoms with Crippen LogP contribution < -0.4 is 0 Å². The van der Waals surface area contributed by atoms with Gasteiger partial charge in [-0.15, -0.1) is 10.1 Å². The van der Waals surface area contributed by atoms with Crippen molar-refractivity contribution in [3.63, 3.8) is 0 Å². The van der Waals surface area contributed by atoms with Gasteiger partial charge in [0.1, 0.15) is 6.61 Å². The first-order chi connectivity index (χ1) is 7.36. The van der Waals surface area contributed by atoms with Gasteiger partial charge in [0.05, 0.1) is 0 Å². The smallest absolute Gasteiger partial charge is 0.294 e. The first-order valence-electron chi connectivity index (χ1n) is 4.88. The summed E-state index contributed by atoms with van der Waals surface area (Å²) in [6.45, 7) is 8.13.